The van der Waals surface area contributed by atoms with Crippen LogP contribution in [-0.4, -0.2) is 26.6 Å². The van der Waals surface area contributed by atoms with Gasteiger partial charge in [-0.05, 0) is 36.8 Å². The van der Waals surface area contributed by atoms with Crippen LogP contribution in [0.1, 0.15) is 48.6 Å². The average molecular weight is 342 g/mol. The van der Waals surface area contributed by atoms with E-state index in [1.807, 2.05) is 10.8 Å². The number of hydrogen-bond acceptors (Lipinski definition) is 3. The number of nitrogens with zero attached hydrogens (tertiary/aromatic N) is 3. The van der Waals surface area contributed by atoms with Crippen molar-refractivity contribution in [3.05, 3.63) is 41.9 Å². The zero-order valence-corrected chi connectivity index (χ0v) is 14.5. The number of nitrogens with one attached hydrogen (secondary N) is 1. The van der Waals surface area contributed by atoms with Crippen molar-refractivity contribution in [3.63, 3.8) is 0 Å². The van der Waals surface area contributed by atoms with Crippen molar-refractivity contribution in [3.8, 4) is 0 Å². The molecule has 24 heavy (non-hydrogen) atoms. The Morgan fingerprint density at radius 2 is 2.25 bits per heavy atom. The predicted molar refractivity (Wildman–Crippen MR) is 96.5 cm³/mol. The number of fused-ring (bicyclic) bond motifs is 1. The molecule has 0 aliphatic heterocycles. The highest BCUT2D eigenvalue weighted by molar-refractivity contribution is 7.17. The van der Waals surface area contributed by atoms with Crippen LogP contribution in [-0.2, 0) is 6.54 Å². The summed E-state index contributed by atoms with van der Waals surface area (Å²) >= 11 is 1.71. The van der Waals surface area contributed by atoms with Crippen LogP contribution >= 0.6 is 11.3 Å². The van der Waals surface area contributed by atoms with E-state index in [1.165, 1.54) is 35.9 Å². The van der Waals surface area contributed by atoms with E-state index in [0.717, 1.165) is 18.7 Å². The normalized spacial score (nSPS) is 15.3. The second kappa shape index (κ2) is 6.81. The molecule has 5 nitrogen and oxygen atoms in total. The number of hydrogen-bond donors (Lipinski definition) is 1. The van der Waals surface area contributed by atoms with Gasteiger partial charge in [0.2, 0.25) is 0 Å². The van der Waals surface area contributed by atoms with Gasteiger partial charge in [0, 0.05) is 31.5 Å². The van der Waals surface area contributed by atoms with E-state index in [4.69, 9.17) is 0 Å². The molecule has 0 atom stereocenters. The third-order valence-electron chi connectivity index (χ3n) is 4.82. The van der Waals surface area contributed by atoms with Crippen LogP contribution in [0.15, 0.2) is 36.2 Å². The molecule has 3 heterocycles. The van der Waals surface area contributed by atoms with E-state index in [2.05, 4.69) is 32.4 Å². The Hall–Kier alpha value is -2.08. The van der Waals surface area contributed by atoms with Gasteiger partial charge in [-0.15, -0.1) is 11.3 Å². The molecule has 4 rings (SSSR count). The smallest absolute Gasteiger partial charge is 0.267 e. The second-order valence-electron chi connectivity index (χ2n) is 6.42. The molecule has 6 heteroatoms. The van der Waals surface area contributed by atoms with Crippen molar-refractivity contribution >= 4 is 27.5 Å². The zero-order valence-electron chi connectivity index (χ0n) is 13.6. The molecule has 126 valence electrons. The number of imidazole rings is 1. The quantitative estimate of drug-likeness (QED) is 0.692. The number of carbonyl (C=O) groups excluding carboxylic acids is 1. The number of aromatic nitrogens is 3. The molecule has 0 unspecified atom stereocenters. The van der Waals surface area contributed by atoms with E-state index in [9.17, 15) is 4.79 Å². The summed E-state index contributed by atoms with van der Waals surface area (Å²) in [5, 5.41) is 5.20. The molecule has 0 aromatic carbocycles. The maximum atomic E-state index is 12.7. The van der Waals surface area contributed by atoms with Crippen LogP contribution in [0.5, 0.6) is 0 Å². The first-order valence-corrected chi connectivity index (χ1v) is 9.53. The van der Waals surface area contributed by atoms with Gasteiger partial charge >= 0.3 is 0 Å². The lowest BCUT2D eigenvalue weighted by Crippen LogP contribution is -2.28. The fraction of sp³-hybridized carbons (Fsp3) is 0.444. The van der Waals surface area contributed by atoms with Crippen molar-refractivity contribution in [2.24, 2.45) is 0 Å². The van der Waals surface area contributed by atoms with E-state index in [-0.39, 0.29) is 5.91 Å². The summed E-state index contributed by atoms with van der Waals surface area (Å²) in [6.45, 7) is 1.56. The highest BCUT2D eigenvalue weighted by Gasteiger charge is 2.24. The SMILES string of the molecule is O=C(NCCCn1ccnc1)c1cc2sccc2n1C1CCCC1. The first-order chi connectivity index (χ1) is 11.8. The molecule has 1 amide bonds. The summed E-state index contributed by atoms with van der Waals surface area (Å²) in [5.41, 5.74) is 2.04. The molecular weight excluding hydrogens is 320 g/mol. The molecule has 1 saturated carbocycles. The number of carbonyl (C=O) groups is 1. The van der Waals surface area contributed by atoms with Gasteiger partial charge in [0.15, 0.2) is 0 Å². The van der Waals surface area contributed by atoms with Gasteiger partial charge in [-0.2, -0.15) is 0 Å². The van der Waals surface area contributed by atoms with Crippen molar-refractivity contribution in [2.45, 2.75) is 44.7 Å². The Kier molecular flexibility index (Phi) is 4.38. The van der Waals surface area contributed by atoms with Crippen LogP contribution in [0.2, 0.25) is 0 Å². The lowest BCUT2D eigenvalue weighted by molar-refractivity contribution is 0.0942. The number of amides is 1. The Morgan fingerprint density at radius 1 is 1.38 bits per heavy atom. The van der Waals surface area contributed by atoms with Crippen LogP contribution in [0.4, 0.5) is 0 Å². The monoisotopic (exact) mass is 342 g/mol. The second-order valence-corrected chi connectivity index (χ2v) is 7.37. The molecule has 1 fully saturated rings. The van der Waals surface area contributed by atoms with Crippen molar-refractivity contribution in [1.29, 1.82) is 0 Å². The summed E-state index contributed by atoms with van der Waals surface area (Å²) in [7, 11) is 0. The van der Waals surface area contributed by atoms with Gasteiger partial charge in [0.25, 0.3) is 5.91 Å². The van der Waals surface area contributed by atoms with Gasteiger partial charge in [0.05, 0.1) is 16.5 Å². The molecule has 1 N–H and O–H groups in total. The standard InChI is InChI=1S/C18H22N4OS/c23-18(20-7-3-9-21-10-8-19-13-21)16-12-17-15(6-11-24-17)22(16)14-4-1-2-5-14/h6,8,10-14H,1-5,7,9H2,(H,20,23). The Bertz CT molecular complexity index is 811. The molecule has 3 aromatic rings. The van der Waals surface area contributed by atoms with Crippen LogP contribution in [0.3, 0.4) is 0 Å². The lowest BCUT2D eigenvalue weighted by atomic mass is 10.2. The Morgan fingerprint density at radius 3 is 3.04 bits per heavy atom. The van der Waals surface area contributed by atoms with E-state index >= 15 is 0 Å². The summed E-state index contributed by atoms with van der Waals surface area (Å²) in [4.78, 5) is 16.7. The minimum atomic E-state index is 0.0518. The zero-order chi connectivity index (χ0) is 16.4. The molecule has 0 spiro atoms. The van der Waals surface area contributed by atoms with E-state index < -0.39 is 0 Å². The maximum absolute atomic E-state index is 12.7. The van der Waals surface area contributed by atoms with Crippen molar-refractivity contribution in [2.75, 3.05) is 6.54 Å². The van der Waals surface area contributed by atoms with Crippen LogP contribution in [0, 0.1) is 0 Å². The van der Waals surface area contributed by atoms with Gasteiger partial charge < -0.3 is 14.5 Å². The van der Waals surface area contributed by atoms with E-state index in [0.29, 0.717) is 12.6 Å². The molecule has 0 saturated heterocycles. The summed E-state index contributed by atoms with van der Waals surface area (Å²) in [5.74, 6) is 0.0518. The summed E-state index contributed by atoms with van der Waals surface area (Å²) < 4.78 is 5.53. The third kappa shape index (κ3) is 2.98. The molecule has 0 bridgehead atoms. The molecular formula is C18H22N4OS. The van der Waals surface area contributed by atoms with Crippen molar-refractivity contribution < 1.29 is 4.79 Å². The maximum Gasteiger partial charge on any atom is 0.267 e. The Labute approximate surface area is 145 Å². The number of thiophene rings is 1. The first kappa shape index (κ1) is 15.4. The van der Waals surface area contributed by atoms with Gasteiger partial charge in [-0.3, -0.25) is 4.79 Å². The molecule has 0 radical (unpaired) electrons. The van der Waals surface area contributed by atoms with Gasteiger partial charge in [-0.1, -0.05) is 12.8 Å². The van der Waals surface area contributed by atoms with Crippen molar-refractivity contribution in [1.82, 2.24) is 19.4 Å². The minimum Gasteiger partial charge on any atom is -0.351 e. The largest absolute Gasteiger partial charge is 0.351 e. The summed E-state index contributed by atoms with van der Waals surface area (Å²) in [6, 6.07) is 4.68. The molecule has 3 aromatic heterocycles. The van der Waals surface area contributed by atoms with Gasteiger partial charge in [0.1, 0.15) is 5.69 Å². The number of aryl methyl sites for hydroxylation is 1. The number of rotatable bonds is 6. The first-order valence-electron chi connectivity index (χ1n) is 8.65. The van der Waals surface area contributed by atoms with Crippen LogP contribution in [0.25, 0.3) is 10.2 Å². The highest BCUT2D eigenvalue weighted by atomic mass is 32.1. The van der Waals surface area contributed by atoms with E-state index in [1.54, 1.807) is 23.9 Å². The summed E-state index contributed by atoms with van der Waals surface area (Å²) in [6.07, 6.45) is 11.3. The average Bonchev–Trinajstić information content (AvgIpc) is 3.35. The predicted octanol–water partition coefficient (Wildman–Crippen LogP) is 3.83. The topological polar surface area (TPSA) is 51.9 Å². The molecule has 1 aliphatic rings. The highest BCUT2D eigenvalue weighted by Crippen LogP contribution is 2.36. The van der Waals surface area contributed by atoms with Gasteiger partial charge in [-0.25, -0.2) is 4.98 Å². The fourth-order valence-electron chi connectivity index (χ4n) is 3.65. The Balaban J connectivity index is 1.45. The fourth-order valence-corrected chi connectivity index (χ4v) is 4.46. The third-order valence-corrected chi connectivity index (χ3v) is 5.67. The lowest BCUT2D eigenvalue weighted by Gasteiger charge is -2.17. The molecule has 1 aliphatic carbocycles. The minimum absolute atomic E-state index is 0.0518. The van der Waals surface area contributed by atoms with Crippen LogP contribution < -0.4 is 5.32 Å².